The van der Waals surface area contributed by atoms with Crippen molar-refractivity contribution in [3.63, 3.8) is 0 Å². The molecular weight excluding hydrogens is 278 g/mol. The van der Waals surface area contributed by atoms with Crippen molar-refractivity contribution in [1.29, 1.82) is 0 Å². The molecule has 1 N–H and O–H groups in total. The van der Waals surface area contributed by atoms with Gasteiger partial charge in [-0.25, -0.2) is 0 Å². The predicted octanol–water partition coefficient (Wildman–Crippen LogP) is 3.12. The molecular formula is C17H25N3S. The maximum Gasteiger partial charge on any atom is 0.157 e. The van der Waals surface area contributed by atoms with E-state index < -0.39 is 0 Å². The zero-order chi connectivity index (χ0) is 14.5. The Morgan fingerprint density at radius 3 is 2.67 bits per heavy atom. The highest BCUT2D eigenvalue weighted by atomic mass is 32.2. The van der Waals surface area contributed by atoms with Gasteiger partial charge in [-0.2, -0.15) is 0 Å². The van der Waals surface area contributed by atoms with E-state index in [1.165, 1.54) is 36.7 Å². The first-order valence-corrected chi connectivity index (χ1v) is 9.05. The minimum atomic E-state index is 0.538. The molecule has 0 aromatic heterocycles. The summed E-state index contributed by atoms with van der Waals surface area (Å²) in [5, 5.41) is 4.84. The van der Waals surface area contributed by atoms with Crippen LogP contribution in [0.2, 0.25) is 0 Å². The van der Waals surface area contributed by atoms with Crippen LogP contribution in [-0.2, 0) is 6.54 Å². The molecule has 0 aliphatic carbocycles. The summed E-state index contributed by atoms with van der Waals surface area (Å²) in [7, 11) is 0. The Balaban J connectivity index is 1.43. The van der Waals surface area contributed by atoms with Crippen molar-refractivity contribution in [2.45, 2.75) is 44.8 Å². The Bertz CT molecular complexity index is 466. The zero-order valence-electron chi connectivity index (χ0n) is 12.8. The summed E-state index contributed by atoms with van der Waals surface area (Å²) < 4.78 is 0. The highest BCUT2D eigenvalue weighted by Crippen LogP contribution is 2.21. The molecule has 114 valence electrons. The van der Waals surface area contributed by atoms with Crippen LogP contribution in [0.4, 0.5) is 0 Å². The van der Waals surface area contributed by atoms with Gasteiger partial charge in [0.25, 0.3) is 0 Å². The molecule has 1 aromatic rings. The molecule has 1 saturated heterocycles. The van der Waals surface area contributed by atoms with Crippen molar-refractivity contribution >= 4 is 16.9 Å². The van der Waals surface area contributed by atoms with Crippen LogP contribution in [-0.4, -0.2) is 41.0 Å². The summed E-state index contributed by atoms with van der Waals surface area (Å²) in [6, 6.07) is 11.9. The summed E-state index contributed by atoms with van der Waals surface area (Å²) in [6.07, 6.45) is 3.61. The molecule has 2 heterocycles. The fourth-order valence-electron chi connectivity index (χ4n) is 2.96. The van der Waals surface area contributed by atoms with Crippen molar-refractivity contribution < 1.29 is 0 Å². The van der Waals surface area contributed by atoms with Gasteiger partial charge in [0.15, 0.2) is 5.17 Å². The second kappa shape index (κ2) is 7.32. The Morgan fingerprint density at radius 1 is 1.24 bits per heavy atom. The minimum absolute atomic E-state index is 0.538. The average Bonchev–Trinajstić information content (AvgIpc) is 2.98. The minimum Gasteiger partial charge on any atom is -0.362 e. The Hall–Kier alpha value is -1.00. The molecule has 0 spiro atoms. The normalized spacial score (nSPS) is 24.0. The summed E-state index contributed by atoms with van der Waals surface area (Å²) in [6.45, 7) is 5.67. The number of nitrogens with zero attached hydrogens (tertiary/aromatic N) is 2. The van der Waals surface area contributed by atoms with E-state index in [-0.39, 0.29) is 0 Å². The molecule has 4 heteroatoms. The van der Waals surface area contributed by atoms with Crippen LogP contribution >= 0.6 is 11.8 Å². The maximum absolute atomic E-state index is 4.74. The molecule has 1 aromatic carbocycles. The lowest BCUT2D eigenvalue weighted by atomic mass is 10.0. The van der Waals surface area contributed by atoms with Gasteiger partial charge in [-0.3, -0.25) is 9.89 Å². The van der Waals surface area contributed by atoms with Crippen molar-refractivity contribution in [2.75, 3.05) is 18.8 Å². The molecule has 2 aliphatic rings. The molecule has 2 aliphatic heterocycles. The van der Waals surface area contributed by atoms with Gasteiger partial charge in [-0.1, -0.05) is 49.0 Å². The number of nitrogens with one attached hydrogen (secondary N) is 1. The number of amidine groups is 1. The molecule has 0 radical (unpaired) electrons. The molecule has 21 heavy (non-hydrogen) atoms. The Kier molecular flexibility index (Phi) is 5.20. The van der Waals surface area contributed by atoms with Gasteiger partial charge in [0.2, 0.25) is 0 Å². The standard InChI is InChI=1S/C17H25N3S/c1-2-15-13-21-17(18-15)19-16-8-10-20(11-9-16)12-14-6-4-3-5-7-14/h3-7,15-16H,2,8-13H2,1H3,(H,18,19). The third-order valence-corrected chi connectivity index (χ3v) is 5.40. The van der Waals surface area contributed by atoms with Gasteiger partial charge in [-0.05, 0) is 24.8 Å². The monoisotopic (exact) mass is 303 g/mol. The molecule has 0 saturated carbocycles. The number of hydrogen-bond acceptors (Lipinski definition) is 4. The van der Waals surface area contributed by atoms with Crippen molar-refractivity contribution in [3.8, 4) is 0 Å². The Labute approximate surface area is 132 Å². The van der Waals surface area contributed by atoms with Gasteiger partial charge in [0.1, 0.15) is 0 Å². The van der Waals surface area contributed by atoms with Gasteiger partial charge >= 0.3 is 0 Å². The second-order valence-corrected chi connectivity index (χ2v) is 7.00. The lowest BCUT2D eigenvalue weighted by molar-refractivity contribution is 0.199. The van der Waals surface area contributed by atoms with Crippen LogP contribution in [0.5, 0.6) is 0 Å². The fraction of sp³-hybridized carbons (Fsp3) is 0.588. The quantitative estimate of drug-likeness (QED) is 0.926. The molecule has 0 bridgehead atoms. The first-order chi connectivity index (χ1) is 10.3. The van der Waals surface area contributed by atoms with Crippen LogP contribution in [0.25, 0.3) is 0 Å². The van der Waals surface area contributed by atoms with E-state index in [0.29, 0.717) is 12.1 Å². The van der Waals surface area contributed by atoms with E-state index in [1.807, 2.05) is 11.8 Å². The lowest BCUT2D eigenvalue weighted by Gasteiger charge is -2.32. The van der Waals surface area contributed by atoms with Crippen LogP contribution in [0.3, 0.4) is 0 Å². The smallest absolute Gasteiger partial charge is 0.157 e. The van der Waals surface area contributed by atoms with Crippen molar-refractivity contribution in [2.24, 2.45) is 4.99 Å². The van der Waals surface area contributed by atoms with E-state index >= 15 is 0 Å². The topological polar surface area (TPSA) is 27.6 Å². The fourth-order valence-corrected chi connectivity index (χ4v) is 4.09. The van der Waals surface area contributed by atoms with Crippen LogP contribution in [0.15, 0.2) is 35.3 Å². The molecule has 1 fully saturated rings. The van der Waals surface area contributed by atoms with E-state index in [4.69, 9.17) is 4.99 Å². The highest BCUT2D eigenvalue weighted by Gasteiger charge is 2.23. The first kappa shape index (κ1) is 14.9. The summed E-state index contributed by atoms with van der Waals surface area (Å²) >= 11 is 1.90. The summed E-state index contributed by atoms with van der Waals surface area (Å²) in [5.41, 5.74) is 1.42. The molecule has 1 atom stereocenters. The number of aliphatic imine (C=N–C) groups is 1. The van der Waals surface area contributed by atoms with Gasteiger partial charge in [-0.15, -0.1) is 0 Å². The second-order valence-electron chi connectivity index (χ2n) is 5.99. The van der Waals surface area contributed by atoms with Crippen molar-refractivity contribution in [3.05, 3.63) is 35.9 Å². The third kappa shape index (κ3) is 4.24. The molecule has 3 rings (SSSR count). The van der Waals surface area contributed by atoms with Gasteiger partial charge in [0.05, 0.1) is 6.04 Å². The third-order valence-electron chi connectivity index (χ3n) is 4.35. The lowest BCUT2D eigenvalue weighted by Crippen LogP contribution is -2.43. The van der Waals surface area contributed by atoms with E-state index in [0.717, 1.165) is 18.7 Å². The summed E-state index contributed by atoms with van der Waals surface area (Å²) in [5.74, 6) is 1.16. The van der Waals surface area contributed by atoms with E-state index in [1.54, 1.807) is 0 Å². The predicted molar refractivity (Wildman–Crippen MR) is 91.8 cm³/mol. The number of benzene rings is 1. The molecule has 1 unspecified atom stereocenters. The van der Waals surface area contributed by atoms with Crippen LogP contribution < -0.4 is 5.32 Å². The van der Waals surface area contributed by atoms with Crippen LogP contribution in [0, 0.1) is 0 Å². The first-order valence-electron chi connectivity index (χ1n) is 8.07. The van der Waals surface area contributed by atoms with Gasteiger partial charge in [0, 0.05) is 31.4 Å². The molecule has 3 nitrogen and oxygen atoms in total. The number of hydrogen-bond donors (Lipinski definition) is 1. The van der Waals surface area contributed by atoms with Gasteiger partial charge < -0.3 is 5.32 Å². The molecule has 0 amide bonds. The van der Waals surface area contributed by atoms with E-state index in [2.05, 4.69) is 47.5 Å². The largest absolute Gasteiger partial charge is 0.362 e. The maximum atomic E-state index is 4.74. The number of thioether (sulfide) groups is 1. The summed E-state index contributed by atoms with van der Waals surface area (Å²) in [4.78, 5) is 7.30. The van der Waals surface area contributed by atoms with Crippen molar-refractivity contribution in [1.82, 2.24) is 10.2 Å². The van der Waals surface area contributed by atoms with Crippen LogP contribution in [0.1, 0.15) is 31.7 Å². The number of likely N-dealkylation sites (tertiary alicyclic amines) is 1. The average molecular weight is 303 g/mol. The highest BCUT2D eigenvalue weighted by molar-refractivity contribution is 8.14. The zero-order valence-corrected chi connectivity index (χ0v) is 13.6. The number of piperidine rings is 1. The Morgan fingerprint density at radius 2 is 2.00 bits per heavy atom. The SMILES string of the molecule is CCC1CSC(NC2CCN(Cc3ccccc3)CC2)=N1. The van der Waals surface area contributed by atoms with E-state index in [9.17, 15) is 0 Å². The number of rotatable bonds is 4.